The molecular formula is C46H53N3. The molecule has 0 saturated heterocycles. The maximum absolute atomic E-state index is 4.83. The van der Waals surface area contributed by atoms with Gasteiger partial charge in [0, 0.05) is 51.7 Å². The lowest BCUT2D eigenvalue weighted by Gasteiger charge is -2.12. The van der Waals surface area contributed by atoms with Gasteiger partial charge in [-0.3, -0.25) is 9.98 Å². The number of H-pyrrole nitrogens is 1. The predicted molar refractivity (Wildman–Crippen MR) is 220 cm³/mol. The van der Waals surface area contributed by atoms with E-state index in [2.05, 4.69) is 135 Å². The van der Waals surface area contributed by atoms with E-state index in [1.165, 1.54) is 16.7 Å². The highest BCUT2D eigenvalue weighted by Gasteiger charge is 2.19. The average molecular weight is 648 g/mol. The fourth-order valence-corrected chi connectivity index (χ4v) is 5.74. The topological polar surface area (TPSA) is 40.5 Å². The zero-order chi connectivity index (χ0) is 34.5. The maximum Gasteiger partial charge on any atom is 0.0729 e. The Morgan fingerprint density at radius 2 is 1.18 bits per heavy atom. The first-order valence-corrected chi connectivity index (χ1v) is 17.2. The van der Waals surface area contributed by atoms with Gasteiger partial charge in [0.05, 0.1) is 11.4 Å². The van der Waals surface area contributed by atoms with Crippen LogP contribution in [0.1, 0.15) is 77.4 Å². The highest BCUT2D eigenvalue weighted by atomic mass is 14.8. The Bertz CT molecular complexity index is 1880. The summed E-state index contributed by atoms with van der Waals surface area (Å²) in [5.74, 6) is 0.327. The van der Waals surface area contributed by atoms with E-state index in [1.807, 2.05) is 52.3 Å². The Kier molecular flexibility index (Phi) is 14.7. The van der Waals surface area contributed by atoms with Crippen LogP contribution in [0, 0.1) is 12.8 Å². The summed E-state index contributed by atoms with van der Waals surface area (Å²) in [6.07, 6.45) is 46.1. The van der Waals surface area contributed by atoms with Crippen molar-refractivity contribution in [2.24, 2.45) is 15.9 Å². The number of rotatable bonds is 7. The molecule has 1 unspecified atom stereocenters. The van der Waals surface area contributed by atoms with Crippen LogP contribution in [0.25, 0.3) is 18.2 Å². The smallest absolute Gasteiger partial charge is 0.0729 e. The molecule has 3 heteroatoms. The van der Waals surface area contributed by atoms with Crippen LogP contribution < -0.4 is 0 Å². The molecule has 1 atom stereocenters. The number of nitrogens with one attached hydrogen (secondary N) is 1. The first-order chi connectivity index (χ1) is 23.5. The number of hydrogen-bond donors (Lipinski definition) is 1. The third kappa shape index (κ3) is 9.21. The minimum Gasteiger partial charge on any atom is -0.355 e. The zero-order valence-electron chi connectivity index (χ0n) is 29.4. The van der Waals surface area contributed by atoms with Gasteiger partial charge in [0.25, 0.3) is 0 Å². The normalized spacial score (nSPS) is 22.7. The summed E-state index contributed by atoms with van der Waals surface area (Å²) in [6, 6.07) is 0. The summed E-state index contributed by atoms with van der Waals surface area (Å²) >= 11 is 0. The molecule has 0 saturated carbocycles. The standard InChI is InChI=1S/C41H37N3.2C2H6.CH4/c1-5-32-26-42-39(36(32)21-30-16-9-7-10-17-30)24-38-29(4)35(23-34-20-14-13-15-28(34)3)41(44-38)25-40-37(33(6-2)27-43-40)22-31-18-11-8-12-19-31;2*1-2;/h5-16,18,20-28,44H,1-2,17,19H2,3-4H3;2*1-2H3;1H4/b30-21-,31-22-,34-23-,39-24-,40-25-;;;. The van der Waals surface area contributed by atoms with Crippen LogP contribution in [-0.2, 0) is 0 Å². The molecule has 0 fully saturated rings. The molecule has 252 valence electrons. The van der Waals surface area contributed by atoms with E-state index in [4.69, 9.17) is 9.98 Å². The molecule has 2 aliphatic heterocycles. The highest BCUT2D eigenvalue weighted by Crippen LogP contribution is 2.35. The van der Waals surface area contributed by atoms with Crippen molar-refractivity contribution in [1.82, 2.24) is 4.98 Å². The van der Waals surface area contributed by atoms with Gasteiger partial charge in [0.2, 0.25) is 0 Å². The van der Waals surface area contributed by atoms with Crippen LogP contribution in [0.4, 0.5) is 0 Å². The van der Waals surface area contributed by atoms with Crippen molar-refractivity contribution in [2.75, 3.05) is 0 Å². The largest absolute Gasteiger partial charge is 0.355 e. The van der Waals surface area contributed by atoms with E-state index in [1.54, 1.807) is 0 Å². The van der Waals surface area contributed by atoms with Gasteiger partial charge in [0.15, 0.2) is 0 Å². The van der Waals surface area contributed by atoms with E-state index >= 15 is 0 Å². The van der Waals surface area contributed by atoms with Gasteiger partial charge < -0.3 is 4.98 Å². The monoisotopic (exact) mass is 647 g/mol. The molecule has 3 nitrogen and oxygen atoms in total. The van der Waals surface area contributed by atoms with Gasteiger partial charge in [-0.05, 0) is 78.3 Å². The number of aromatic nitrogens is 1. The van der Waals surface area contributed by atoms with Crippen molar-refractivity contribution in [1.29, 1.82) is 0 Å². The Morgan fingerprint density at radius 3 is 1.65 bits per heavy atom. The van der Waals surface area contributed by atoms with E-state index < -0.39 is 0 Å². The molecule has 1 aromatic heterocycles. The second kappa shape index (κ2) is 18.9. The number of aliphatic imine (C=N–C) groups is 2. The van der Waals surface area contributed by atoms with Crippen LogP contribution in [0.15, 0.2) is 171 Å². The summed E-state index contributed by atoms with van der Waals surface area (Å²) in [4.78, 5) is 13.4. The average Bonchev–Trinajstić information content (AvgIpc) is 3.80. The van der Waals surface area contributed by atoms with E-state index in [9.17, 15) is 0 Å². The number of allylic oxidation sites excluding steroid dienone is 21. The lowest BCUT2D eigenvalue weighted by atomic mass is 9.93. The van der Waals surface area contributed by atoms with Gasteiger partial charge in [-0.2, -0.15) is 0 Å². The molecule has 3 aliphatic carbocycles. The van der Waals surface area contributed by atoms with Crippen LogP contribution in [0.3, 0.4) is 0 Å². The lowest BCUT2D eigenvalue weighted by Crippen LogP contribution is -1.96. The molecule has 1 N–H and O–H groups in total. The molecule has 0 radical (unpaired) electrons. The van der Waals surface area contributed by atoms with Crippen molar-refractivity contribution in [3.63, 3.8) is 0 Å². The highest BCUT2D eigenvalue weighted by molar-refractivity contribution is 5.94. The van der Waals surface area contributed by atoms with Crippen LogP contribution in [-0.4, -0.2) is 17.4 Å². The van der Waals surface area contributed by atoms with Crippen molar-refractivity contribution >= 4 is 30.7 Å². The Morgan fingerprint density at radius 1 is 0.673 bits per heavy atom. The third-order valence-electron chi connectivity index (χ3n) is 8.35. The van der Waals surface area contributed by atoms with Crippen LogP contribution in [0.5, 0.6) is 0 Å². The second-order valence-corrected chi connectivity index (χ2v) is 11.3. The molecule has 1 aromatic rings. The molecule has 0 aromatic carbocycles. The number of aromatic amines is 1. The molecule has 49 heavy (non-hydrogen) atoms. The quantitative estimate of drug-likeness (QED) is 0.306. The minimum absolute atomic E-state index is 0. The minimum atomic E-state index is 0. The van der Waals surface area contributed by atoms with E-state index in [-0.39, 0.29) is 7.43 Å². The Hall–Kier alpha value is -5.28. The summed E-state index contributed by atoms with van der Waals surface area (Å²) in [5.41, 5.74) is 14.2. The fraction of sp³-hybridized carbons (Fsp3) is 0.217. The van der Waals surface area contributed by atoms with E-state index in [0.29, 0.717) is 5.92 Å². The Balaban J connectivity index is 0.00000125. The van der Waals surface area contributed by atoms with Gasteiger partial charge in [-0.25, -0.2) is 0 Å². The third-order valence-corrected chi connectivity index (χ3v) is 8.35. The molecule has 3 heterocycles. The number of hydrogen-bond acceptors (Lipinski definition) is 2. The SMILES string of the molecule is C.C=CC1=C(/C=C2/C=CC=CC2)/C(=C/c2[nH]c(/C=C3\N=CC(C=C)=C3/C=C3/C=CC=CC3)c(/C=C3/C=CC=CC3C)c2C)N=C1.CC.CC. The van der Waals surface area contributed by atoms with Crippen molar-refractivity contribution in [2.45, 2.75) is 61.8 Å². The predicted octanol–water partition coefficient (Wildman–Crippen LogP) is 12.9. The summed E-state index contributed by atoms with van der Waals surface area (Å²) in [6.45, 7) is 20.5. The van der Waals surface area contributed by atoms with Crippen LogP contribution >= 0.6 is 0 Å². The molecule has 5 aliphatic rings. The summed E-state index contributed by atoms with van der Waals surface area (Å²) < 4.78 is 0. The van der Waals surface area contributed by atoms with E-state index in [0.717, 1.165) is 69.0 Å². The summed E-state index contributed by atoms with van der Waals surface area (Å²) in [5, 5.41) is 0. The van der Waals surface area contributed by atoms with Gasteiger partial charge in [-0.1, -0.05) is 140 Å². The lowest BCUT2D eigenvalue weighted by molar-refractivity contribution is 0.891. The van der Waals surface area contributed by atoms with Gasteiger partial charge >= 0.3 is 0 Å². The first kappa shape index (κ1) is 38.2. The molecule has 6 rings (SSSR count). The van der Waals surface area contributed by atoms with Crippen molar-refractivity contribution in [3.8, 4) is 0 Å². The first-order valence-electron chi connectivity index (χ1n) is 17.2. The van der Waals surface area contributed by atoms with Gasteiger partial charge in [-0.15, -0.1) is 0 Å². The summed E-state index contributed by atoms with van der Waals surface area (Å²) in [7, 11) is 0. The molecule has 0 amide bonds. The number of nitrogens with zero attached hydrogens (tertiary/aromatic N) is 2. The fourth-order valence-electron chi connectivity index (χ4n) is 5.74. The zero-order valence-corrected chi connectivity index (χ0v) is 29.4. The van der Waals surface area contributed by atoms with Gasteiger partial charge in [0.1, 0.15) is 0 Å². The molecule has 0 spiro atoms. The van der Waals surface area contributed by atoms with Crippen LogP contribution in [0.2, 0.25) is 0 Å². The second-order valence-electron chi connectivity index (χ2n) is 11.3. The maximum atomic E-state index is 4.83. The van der Waals surface area contributed by atoms with Crippen molar-refractivity contribution in [3.05, 3.63) is 183 Å². The Labute approximate surface area is 295 Å². The van der Waals surface area contributed by atoms with Crippen molar-refractivity contribution < 1.29 is 0 Å². The molecular weight excluding hydrogens is 595 g/mol. The molecule has 0 bridgehead atoms.